The minimum atomic E-state index is -0.240. The van der Waals surface area contributed by atoms with E-state index in [9.17, 15) is 9.59 Å². The van der Waals surface area contributed by atoms with Crippen LogP contribution in [0.25, 0.3) is 10.8 Å². The van der Waals surface area contributed by atoms with Crippen LogP contribution < -0.4 is 5.56 Å². The Morgan fingerprint density at radius 1 is 1.32 bits per heavy atom. The molecule has 1 N–H and O–H groups in total. The third-order valence-corrected chi connectivity index (χ3v) is 2.68. The molecule has 1 aromatic heterocycles. The fraction of sp³-hybridized carbons (Fsp3) is 0.214. The van der Waals surface area contributed by atoms with Crippen molar-refractivity contribution >= 4 is 16.6 Å². The van der Waals surface area contributed by atoms with Crippen molar-refractivity contribution in [3.63, 3.8) is 0 Å². The van der Waals surface area contributed by atoms with Crippen molar-refractivity contribution in [2.24, 2.45) is 0 Å². The van der Waals surface area contributed by atoms with E-state index in [1.807, 2.05) is 20.2 Å². The Kier molecular flexibility index (Phi) is 3.75. The summed E-state index contributed by atoms with van der Waals surface area (Å²) < 4.78 is 0. The van der Waals surface area contributed by atoms with Crippen LogP contribution in [0.5, 0.6) is 0 Å². The molecule has 0 aliphatic carbocycles. The molecule has 98 valence electrons. The van der Waals surface area contributed by atoms with Crippen molar-refractivity contribution in [3.05, 3.63) is 52.6 Å². The van der Waals surface area contributed by atoms with Crippen LogP contribution in [0.15, 0.2) is 41.3 Å². The summed E-state index contributed by atoms with van der Waals surface area (Å²) in [6, 6.07) is 7.14. The number of aromatic amines is 1. The predicted molar refractivity (Wildman–Crippen MR) is 73.9 cm³/mol. The summed E-state index contributed by atoms with van der Waals surface area (Å²) in [5.74, 6) is -0.0570. The molecule has 0 amide bonds. The Hall–Kier alpha value is -2.43. The molecule has 19 heavy (non-hydrogen) atoms. The van der Waals surface area contributed by atoms with Crippen molar-refractivity contribution in [2.45, 2.75) is 6.42 Å². The van der Waals surface area contributed by atoms with Crippen LogP contribution in [0, 0.1) is 0 Å². The van der Waals surface area contributed by atoms with E-state index in [-0.39, 0.29) is 17.8 Å². The van der Waals surface area contributed by atoms with Crippen molar-refractivity contribution in [1.29, 1.82) is 0 Å². The van der Waals surface area contributed by atoms with Gasteiger partial charge in [0.05, 0.1) is 17.5 Å². The maximum Gasteiger partial charge on any atom is 0.272 e. The van der Waals surface area contributed by atoms with Gasteiger partial charge in [0.15, 0.2) is 5.78 Å². The van der Waals surface area contributed by atoms with Crippen LogP contribution in [-0.2, 0) is 11.2 Å². The Morgan fingerprint density at radius 2 is 2.00 bits per heavy atom. The zero-order valence-corrected chi connectivity index (χ0v) is 10.9. The van der Waals surface area contributed by atoms with Crippen molar-refractivity contribution in [3.8, 4) is 0 Å². The number of allylic oxidation sites excluding steroid dienone is 1. The van der Waals surface area contributed by atoms with E-state index in [1.165, 1.54) is 6.08 Å². The van der Waals surface area contributed by atoms with Crippen LogP contribution in [0.2, 0.25) is 0 Å². The van der Waals surface area contributed by atoms with Crippen LogP contribution in [0.4, 0.5) is 0 Å². The van der Waals surface area contributed by atoms with Crippen molar-refractivity contribution in [2.75, 3.05) is 14.1 Å². The summed E-state index contributed by atoms with van der Waals surface area (Å²) in [6.45, 7) is 0. The maximum atomic E-state index is 11.8. The van der Waals surface area contributed by atoms with E-state index in [0.717, 1.165) is 5.39 Å². The molecular formula is C14H15N3O2. The fourth-order valence-electron chi connectivity index (χ4n) is 1.76. The predicted octanol–water partition coefficient (Wildman–Crippen LogP) is 1.11. The maximum absolute atomic E-state index is 11.8. The summed E-state index contributed by atoms with van der Waals surface area (Å²) in [5, 5.41) is 7.66. The Bertz CT molecular complexity index is 686. The Labute approximate surface area is 110 Å². The molecule has 1 aromatic carbocycles. The average Bonchev–Trinajstić information content (AvgIpc) is 2.40. The van der Waals surface area contributed by atoms with Crippen LogP contribution >= 0.6 is 0 Å². The summed E-state index contributed by atoms with van der Waals surface area (Å²) in [5.41, 5.74) is 0.347. The highest BCUT2D eigenvalue weighted by Crippen LogP contribution is 2.13. The van der Waals surface area contributed by atoms with Gasteiger partial charge in [0, 0.05) is 25.7 Å². The molecular weight excluding hydrogens is 242 g/mol. The van der Waals surface area contributed by atoms with Crippen LogP contribution in [0.3, 0.4) is 0 Å². The van der Waals surface area contributed by atoms with Crippen LogP contribution in [0.1, 0.15) is 5.69 Å². The molecule has 0 spiro atoms. The topological polar surface area (TPSA) is 66.1 Å². The lowest BCUT2D eigenvalue weighted by Crippen LogP contribution is -2.13. The van der Waals surface area contributed by atoms with Gasteiger partial charge in [0.1, 0.15) is 0 Å². The standard InChI is InChI=1S/C14H15N3O2/c1-17(2)8-7-10(18)9-13-11-5-3-4-6-12(11)14(19)16-15-13/h3-8H,9H2,1-2H3,(H,16,19)/b8-7+. The lowest BCUT2D eigenvalue weighted by atomic mass is 10.1. The normalized spacial score (nSPS) is 11.1. The number of rotatable bonds is 4. The van der Waals surface area contributed by atoms with Gasteiger partial charge >= 0.3 is 0 Å². The number of H-pyrrole nitrogens is 1. The molecule has 0 radical (unpaired) electrons. The number of nitrogens with zero attached hydrogens (tertiary/aromatic N) is 2. The minimum absolute atomic E-state index is 0.0570. The van der Waals surface area contributed by atoms with E-state index in [1.54, 1.807) is 29.3 Å². The average molecular weight is 257 g/mol. The van der Waals surface area contributed by atoms with Crippen molar-refractivity contribution < 1.29 is 4.79 Å². The summed E-state index contributed by atoms with van der Waals surface area (Å²) in [4.78, 5) is 25.2. The third-order valence-electron chi connectivity index (χ3n) is 2.68. The fourth-order valence-corrected chi connectivity index (χ4v) is 1.76. The van der Waals surface area contributed by atoms with Gasteiger partial charge in [-0.25, -0.2) is 5.10 Å². The van der Waals surface area contributed by atoms with Gasteiger partial charge in [-0.2, -0.15) is 5.10 Å². The van der Waals surface area contributed by atoms with E-state index in [4.69, 9.17) is 0 Å². The molecule has 5 nitrogen and oxygen atoms in total. The van der Waals surface area contributed by atoms with E-state index in [2.05, 4.69) is 10.2 Å². The highest BCUT2D eigenvalue weighted by Gasteiger charge is 2.08. The first-order chi connectivity index (χ1) is 9.08. The quantitative estimate of drug-likeness (QED) is 0.833. The molecule has 1 heterocycles. The number of hydrogen-bond acceptors (Lipinski definition) is 4. The van der Waals surface area contributed by atoms with Gasteiger partial charge in [0.25, 0.3) is 5.56 Å². The second kappa shape index (κ2) is 5.48. The second-order valence-corrected chi connectivity index (χ2v) is 4.47. The molecule has 0 aliphatic heterocycles. The van der Waals surface area contributed by atoms with E-state index >= 15 is 0 Å². The van der Waals surface area contributed by atoms with Crippen molar-refractivity contribution in [1.82, 2.24) is 15.1 Å². The molecule has 2 aromatic rings. The zero-order chi connectivity index (χ0) is 13.8. The van der Waals surface area contributed by atoms with Gasteiger partial charge in [-0.15, -0.1) is 0 Å². The lowest BCUT2D eigenvalue weighted by molar-refractivity contribution is -0.114. The summed E-state index contributed by atoms with van der Waals surface area (Å²) in [6.07, 6.45) is 3.36. The number of hydrogen-bond donors (Lipinski definition) is 1. The first-order valence-electron chi connectivity index (χ1n) is 5.91. The lowest BCUT2D eigenvalue weighted by Gasteiger charge is -2.04. The molecule has 0 unspecified atom stereocenters. The first kappa shape index (κ1) is 13.0. The molecule has 2 rings (SSSR count). The van der Waals surface area contributed by atoms with Gasteiger partial charge in [-0.1, -0.05) is 18.2 Å². The molecule has 0 saturated carbocycles. The molecule has 0 atom stereocenters. The van der Waals surface area contributed by atoms with Gasteiger partial charge < -0.3 is 4.90 Å². The van der Waals surface area contributed by atoms with Gasteiger partial charge in [0.2, 0.25) is 0 Å². The molecule has 0 bridgehead atoms. The largest absolute Gasteiger partial charge is 0.383 e. The number of aromatic nitrogens is 2. The number of carbonyl (C=O) groups is 1. The minimum Gasteiger partial charge on any atom is -0.383 e. The number of nitrogens with one attached hydrogen (secondary N) is 1. The Balaban J connectivity index is 2.34. The Morgan fingerprint density at radius 3 is 2.68 bits per heavy atom. The first-order valence-corrected chi connectivity index (χ1v) is 5.91. The monoisotopic (exact) mass is 257 g/mol. The van der Waals surface area contributed by atoms with Gasteiger partial charge in [-0.3, -0.25) is 9.59 Å². The van der Waals surface area contributed by atoms with Crippen LogP contribution in [-0.4, -0.2) is 35.0 Å². The summed E-state index contributed by atoms with van der Waals surface area (Å²) in [7, 11) is 3.69. The highest BCUT2D eigenvalue weighted by molar-refractivity contribution is 5.94. The summed E-state index contributed by atoms with van der Waals surface area (Å²) >= 11 is 0. The van der Waals surface area contributed by atoms with E-state index < -0.39 is 0 Å². The zero-order valence-electron chi connectivity index (χ0n) is 10.9. The number of fused-ring (bicyclic) bond motifs is 1. The van der Waals surface area contributed by atoms with Gasteiger partial charge in [-0.05, 0) is 12.1 Å². The smallest absolute Gasteiger partial charge is 0.272 e. The number of benzene rings is 1. The second-order valence-electron chi connectivity index (χ2n) is 4.47. The molecule has 0 saturated heterocycles. The molecule has 5 heteroatoms. The SMILES string of the molecule is CN(C)/C=C/C(=O)Cc1n[nH]c(=O)c2ccccc12. The third kappa shape index (κ3) is 3.07. The number of ketones is 1. The number of carbonyl (C=O) groups excluding carboxylic acids is 1. The van der Waals surface area contributed by atoms with E-state index in [0.29, 0.717) is 11.1 Å². The highest BCUT2D eigenvalue weighted by atomic mass is 16.1. The molecule has 0 fully saturated rings. The molecule has 0 aliphatic rings.